The fourth-order valence-corrected chi connectivity index (χ4v) is 3.01. The predicted molar refractivity (Wildman–Crippen MR) is 103 cm³/mol. The maximum atomic E-state index is 11.3. The number of sulfonamides is 1. The molecule has 6 nitrogen and oxygen atoms in total. The molecule has 0 unspecified atom stereocenters. The summed E-state index contributed by atoms with van der Waals surface area (Å²) in [6.45, 7) is 1.98. The third kappa shape index (κ3) is 4.91. The summed E-state index contributed by atoms with van der Waals surface area (Å²) in [5.74, 6) is 0.771. The van der Waals surface area contributed by atoms with Crippen LogP contribution in [0, 0.1) is 0 Å². The number of thiocarbonyl (C=S) groups is 1. The standard InChI is InChI=1S/C17H21N3O3S2/c1-12(13-4-10-16(11-5-13)25(18,21)22)20(2)17(24)19-14-6-8-15(23-3)9-7-14/h4-12H,1-3H3,(H,19,24)(H2,18,21,22)/t12-/m0/s1. The highest BCUT2D eigenvalue weighted by atomic mass is 32.2. The van der Waals surface area contributed by atoms with Crippen molar-refractivity contribution in [1.82, 2.24) is 4.90 Å². The van der Waals surface area contributed by atoms with Gasteiger partial charge in [-0.25, -0.2) is 13.6 Å². The Hall–Kier alpha value is -2.16. The van der Waals surface area contributed by atoms with Crippen molar-refractivity contribution < 1.29 is 13.2 Å². The van der Waals surface area contributed by atoms with Crippen LogP contribution in [0.4, 0.5) is 5.69 Å². The predicted octanol–water partition coefficient (Wildman–Crippen LogP) is 2.73. The molecule has 2 rings (SSSR count). The summed E-state index contributed by atoms with van der Waals surface area (Å²) < 4.78 is 27.8. The fraction of sp³-hybridized carbons (Fsp3) is 0.235. The van der Waals surface area contributed by atoms with Gasteiger partial charge in [-0.05, 0) is 61.1 Å². The Morgan fingerprint density at radius 1 is 1.16 bits per heavy atom. The Kier molecular flexibility index (Phi) is 5.99. The van der Waals surface area contributed by atoms with Crippen molar-refractivity contribution in [2.75, 3.05) is 19.5 Å². The van der Waals surface area contributed by atoms with E-state index in [0.717, 1.165) is 17.0 Å². The molecule has 0 aliphatic rings. The summed E-state index contributed by atoms with van der Waals surface area (Å²) in [6, 6.07) is 13.9. The van der Waals surface area contributed by atoms with Gasteiger partial charge >= 0.3 is 0 Å². The van der Waals surface area contributed by atoms with E-state index in [4.69, 9.17) is 22.1 Å². The summed E-state index contributed by atoms with van der Waals surface area (Å²) in [5.41, 5.74) is 1.78. The van der Waals surface area contributed by atoms with E-state index < -0.39 is 10.0 Å². The first-order chi connectivity index (χ1) is 11.7. The Balaban J connectivity index is 2.07. The number of nitrogens with one attached hydrogen (secondary N) is 1. The lowest BCUT2D eigenvalue weighted by Gasteiger charge is -2.28. The van der Waals surface area contributed by atoms with Gasteiger partial charge in [0.2, 0.25) is 10.0 Å². The van der Waals surface area contributed by atoms with Gasteiger partial charge in [-0.15, -0.1) is 0 Å². The van der Waals surface area contributed by atoms with Gasteiger partial charge in [-0.3, -0.25) is 0 Å². The lowest BCUT2D eigenvalue weighted by molar-refractivity contribution is 0.408. The molecule has 0 spiro atoms. The average molecular weight is 380 g/mol. The van der Waals surface area contributed by atoms with Gasteiger partial charge in [-0.2, -0.15) is 0 Å². The molecule has 2 aromatic carbocycles. The van der Waals surface area contributed by atoms with Gasteiger partial charge in [0.1, 0.15) is 5.75 Å². The van der Waals surface area contributed by atoms with Gasteiger partial charge in [0.15, 0.2) is 5.11 Å². The molecule has 0 radical (unpaired) electrons. The zero-order chi connectivity index (χ0) is 18.6. The normalized spacial score (nSPS) is 12.3. The number of hydrogen-bond donors (Lipinski definition) is 2. The monoisotopic (exact) mass is 379 g/mol. The minimum absolute atomic E-state index is 0.0484. The number of nitrogens with two attached hydrogens (primary N) is 1. The molecular formula is C17H21N3O3S2. The van der Waals surface area contributed by atoms with Crippen LogP contribution in [0.1, 0.15) is 18.5 Å². The molecule has 0 aromatic heterocycles. The number of hydrogen-bond acceptors (Lipinski definition) is 4. The third-order valence-corrected chi connectivity index (χ3v) is 5.25. The van der Waals surface area contributed by atoms with Crippen LogP contribution in [0.25, 0.3) is 0 Å². The van der Waals surface area contributed by atoms with E-state index >= 15 is 0 Å². The Bertz CT molecular complexity index is 834. The topological polar surface area (TPSA) is 84.7 Å². The molecule has 1 atom stereocenters. The lowest BCUT2D eigenvalue weighted by atomic mass is 10.1. The van der Waals surface area contributed by atoms with Crippen LogP contribution in [-0.2, 0) is 10.0 Å². The lowest BCUT2D eigenvalue weighted by Crippen LogP contribution is -2.33. The largest absolute Gasteiger partial charge is 0.497 e. The molecule has 0 bridgehead atoms. The Labute approximate surface area is 153 Å². The second kappa shape index (κ2) is 7.81. The second-order valence-electron chi connectivity index (χ2n) is 5.56. The van der Waals surface area contributed by atoms with Gasteiger partial charge < -0.3 is 15.0 Å². The maximum absolute atomic E-state index is 11.3. The van der Waals surface area contributed by atoms with E-state index in [0.29, 0.717) is 5.11 Å². The molecule has 8 heteroatoms. The molecule has 0 aliphatic carbocycles. The number of ether oxygens (including phenoxy) is 1. The van der Waals surface area contributed by atoms with Crippen LogP contribution < -0.4 is 15.2 Å². The second-order valence-corrected chi connectivity index (χ2v) is 7.51. The van der Waals surface area contributed by atoms with Gasteiger partial charge in [0.25, 0.3) is 0 Å². The highest BCUT2D eigenvalue weighted by Crippen LogP contribution is 2.22. The Morgan fingerprint density at radius 3 is 2.20 bits per heavy atom. The summed E-state index contributed by atoms with van der Waals surface area (Å²) in [4.78, 5) is 1.98. The van der Waals surface area contributed by atoms with Gasteiger partial charge in [0.05, 0.1) is 18.0 Å². The highest BCUT2D eigenvalue weighted by Gasteiger charge is 2.16. The van der Waals surface area contributed by atoms with Crippen molar-refractivity contribution in [1.29, 1.82) is 0 Å². The molecule has 3 N–H and O–H groups in total. The van der Waals surface area contributed by atoms with E-state index in [1.54, 1.807) is 19.2 Å². The highest BCUT2D eigenvalue weighted by molar-refractivity contribution is 7.89. The van der Waals surface area contributed by atoms with Crippen LogP contribution in [0.15, 0.2) is 53.4 Å². The molecular weight excluding hydrogens is 358 g/mol. The van der Waals surface area contributed by atoms with Crippen LogP contribution in [-0.4, -0.2) is 32.6 Å². The third-order valence-electron chi connectivity index (χ3n) is 3.93. The van der Waals surface area contributed by atoms with E-state index in [1.807, 2.05) is 43.1 Å². The number of nitrogens with zero attached hydrogens (tertiary/aromatic N) is 1. The summed E-state index contributed by atoms with van der Waals surface area (Å²) in [5, 5.41) is 8.83. The van der Waals surface area contributed by atoms with Crippen molar-refractivity contribution in [2.45, 2.75) is 17.9 Å². The van der Waals surface area contributed by atoms with Gasteiger partial charge in [-0.1, -0.05) is 12.1 Å². The zero-order valence-corrected chi connectivity index (χ0v) is 15.9. The zero-order valence-electron chi connectivity index (χ0n) is 14.3. The minimum Gasteiger partial charge on any atom is -0.497 e. The molecule has 0 heterocycles. The van der Waals surface area contributed by atoms with Crippen LogP contribution >= 0.6 is 12.2 Å². The van der Waals surface area contributed by atoms with E-state index in [9.17, 15) is 8.42 Å². The smallest absolute Gasteiger partial charge is 0.238 e. The molecule has 0 saturated carbocycles. The first kappa shape index (κ1) is 19.2. The van der Waals surface area contributed by atoms with Crippen molar-refractivity contribution in [3.63, 3.8) is 0 Å². The van der Waals surface area contributed by atoms with E-state index in [2.05, 4.69) is 5.32 Å². The van der Waals surface area contributed by atoms with Crippen molar-refractivity contribution in [2.24, 2.45) is 5.14 Å². The number of anilines is 1. The summed E-state index contributed by atoms with van der Waals surface area (Å²) in [7, 11) is -0.203. The molecule has 0 aliphatic heterocycles. The van der Waals surface area contributed by atoms with Crippen LogP contribution in [0.2, 0.25) is 0 Å². The average Bonchev–Trinajstić information content (AvgIpc) is 2.60. The Morgan fingerprint density at radius 2 is 1.72 bits per heavy atom. The first-order valence-corrected chi connectivity index (χ1v) is 9.48. The number of rotatable bonds is 5. The van der Waals surface area contributed by atoms with E-state index in [-0.39, 0.29) is 10.9 Å². The molecule has 2 aromatic rings. The van der Waals surface area contributed by atoms with Gasteiger partial charge in [0, 0.05) is 12.7 Å². The molecule has 0 amide bonds. The number of methoxy groups -OCH3 is 1. The summed E-state index contributed by atoms with van der Waals surface area (Å²) in [6.07, 6.45) is 0. The first-order valence-electron chi connectivity index (χ1n) is 7.53. The van der Waals surface area contributed by atoms with Crippen LogP contribution in [0.5, 0.6) is 5.75 Å². The van der Waals surface area contributed by atoms with Crippen molar-refractivity contribution in [3.8, 4) is 5.75 Å². The molecule has 25 heavy (non-hydrogen) atoms. The van der Waals surface area contributed by atoms with Crippen LogP contribution in [0.3, 0.4) is 0 Å². The van der Waals surface area contributed by atoms with E-state index in [1.165, 1.54) is 12.1 Å². The number of benzene rings is 2. The molecule has 0 saturated heterocycles. The summed E-state index contributed by atoms with van der Waals surface area (Å²) >= 11 is 5.45. The maximum Gasteiger partial charge on any atom is 0.238 e. The fourth-order valence-electron chi connectivity index (χ4n) is 2.22. The molecule has 0 fully saturated rings. The van der Waals surface area contributed by atoms with Crippen molar-refractivity contribution in [3.05, 3.63) is 54.1 Å². The quantitative estimate of drug-likeness (QED) is 0.777. The van der Waals surface area contributed by atoms with Crippen molar-refractivity contribution >= 4 is 33.0 Å². The number of primary sulfonamides is 1. The SMILES string of the molecule is COc1ccc(NC(=S)N(C)[C@@H](C)c2ccc(S(N)(=O)=O)cc2)cc1. The molecule has 134 valence electrons. The minimum atomic E-state index is -3.69.